The summed E-state index contributed by atoms with van der Waals surface area (Å²) in [6.45, 7) is 4.22. The second-order valence-corrected chi connectivity index (χ2v) is 12.9. The molecule has 6 N–H and O–H groups in total. The summed E-state index contributed by atoms with van der Waals surface area (Å²) in [5, 5.41) is 6.81. The molecule has 12 nitrogen and oxygen atoms in total. The van der Waals surface area contributed by atoms with E-state index in [1.165, 1.54) is 34.1 Å². The minimum atomic E-state index is -4.86. The molecule has 2 atom stereocenters. The van der Waals surface area contributed by atoms with Crippen LogP contribution in [0.4, 0.5) is 13.2 Å². The first-order valence-corrected chi connectivity index (χ1v) is 16.6. The van der Waals surface area contributed by atoms with Crippen molar-refractivity contribution >= 4 is 23.6 Å². The average molecular weight is 682 g/mol. The lowest BCUT2D eigenvalue weighted by atomic mass is 10.0. The molecule has 268 valence electrons. The van der Waals surface area contributed by atoms with Gasteiger partial charge in [0.1, 0.15) is 24.4 Å². The van der Waals surface area contributed by atoms with Crippen molar-refractivity contribution in [3.63, 3.8) is 0 Å². The van der Waals surface area contributed by atoms with Gasteiger partial charge in [-0.3, -0.25) is 19.2 Å². The van der Waals surface area contributed by atoms with E-state index < -0.39 is 59.5 Å². The van der Waals surface area contributed by atoms with Crippen LogP contribution in [0.1, 0.15) is 87.6 Å². The van der Waals surface area contributed by atoms with Crippen LogP contribution in [-0.2, 0) is 20.6 Å². The molecule has 2 aliphatic heterocycles. The lowest BCUT2D eigenvalue weighted by Crippen LogP contribution is -2.54. The summed E-state index contributed by atoms with van der Waals surface area (Å²) in [6.07, 6.45) is 2.87. The van der Waals surface area contributed by atoms with Gasteiger partial charge in [-0.25, -0.2) is 5.84 Å². The molecule has 15 heteroatoms. The van der Waals surface area contributed by atoms with Crippen molar-refractivity contribution < 1.29 is 37.1 Å². The standard InChI is InChI=1S/C33H50F3N7O5/c1-22(2)18-26-31(46)43-17-11-14-27(43)32(47)41(3)20-28(44)39-15-8-6-4-5-7-9-16-42(38)19-23(37)21-48-29-24(30(45)40-26)12-10-13-25(29)33(34,35)36/h10,12-13,19,22,26-27H,4-9,11,14-18,20-21,37-38H2,1-3H3,(H,39,44)(H,40,45)/b23-19-. The number of carbonyl (C=O) groups is 4. The van der Waals surface area contributed by atoms with Crippen molar-refractivity contribution in [3.05, 3.63) is 41.2 Å². The molecule has 1 aromatic rings. The molecule has 0 radical (unpaired) electrons. The number of ether oxygens (including phenoxy) is 1. The fraction of sp³-hybridized carbons (Fsp3) is 0.636. The number of hydrogen-bond donors (Lipinski definition) is 4. The smallest absolute Gasteiger partial charge is 0.419 e. The number of hydrazine groups is 1. The van der Waals surface area contributed by atoms with Crippen molar-refractivity contribution in [2.24, 2.45) is 17.5 Å². The number of amides is 4. The van der Waals surface area contributed by atoms with Crippen LogP contribution >= 0.6 is 0 Å². The molecular formula is C33H50F3N7O5. The van der Waals surface area contributed by atoms with Gasteiger partial charge >= 0.3 is 6.18 Å². The zero-order valence-electron chi connectivity index (χ0n) is 28.1. The number of likely N-dealkylation sites (N-methyl/N-ethyl adjacent to an activating group) is 1. The van der Waals surface area contributed by atoms with Crippen molar-refractivity contribution in [2.45, 2.75) is 89.9 Å². The Morgan fingerprint density at radius 2 is 1.67 bits per heavy atom. The van der Waals surface area contributed by atoms with E-state index in [1.807, 2.05) is 13.8 Å². The molecule has 0 aromatic heterocycles. The van der Waals surface area contributed by atoms with E-state index in [-0.39, 0.29) is 37.0 Å². The fourth-order valence-corrected chi connectivity index (χ4v) is 5.94. The van der Waals surface area contributed by atoms with Gasteiger partial charge in [-0.05, 0) is 50.2 Å². The molecule has 0 aliphatic carbocycles. The molecular weight excluding hydrogens is 631 g/mol. The summed E-state index contributed by atoms with van der Waals surface area (Å²) < 4.78 is 47.9. The molecule has 1 fully saturated rings. The number of fused-ring (bicyclic) bond motifs is 2. The Hall–Kier alpha value is -4.01. The van der Waals surface area contributed by atoms with Gasteiger partial charge in [0.05, 0.1) is 23.4 Å². The van der Waals surface area contributed by atoms with E-state index in [4.69, 9.17) is 16.3 Å². The molecule has 3 rings (SSSR count). The fourth-order valence-electron chi connectivity index (χ4n) is 5.94. The number of halogens is 3. The van der Waals surface area contributed by atoms with E-state index in [9.17, 15) is 32.3 Å². The number of alkyl halides is 3. The summed E-state index contributed by atoms with van der Waals surface area (Å²) in [5.41, 5.74) is 4.49. The lowest BCUT2D eigenvalue weighted by Gasteiger charge is -2.31. The molecule has 0 spiro atoms. The zero-order valence-corrected chi connectivity index (χ0v) is 28.1. The van der Waals surface area contributed by atoms with E-state index in [1.54, 1.807) is 0 Å². The van der Waals surface area contributed by atoms with Gasteiger partial charge in [0.2, 0.25) is 17.7 Å². The Bertz CT molecular complexity index is 1310. The number of hydrogen-bond acceptors (Lipinski definition) is 8. The Morgan fingerprint density at radius 1 is 0.979 bits per heavy atom. The van der Waals surface area contributed by atoms with Gasteiger partial charge in [0.15, 0.2) is 0 Å². The minimum absolute atomic E-state index is 0.0481. The van der Waals surface area contributed by atoms with Crippen LogP contribution in [0.25, 0.3) is 0 Å². The van der Waals surface area contributed by atoms with E-state index >= 15 is 0 Å². The predicted molar refractivity (Wildman–Crippen MR) is 174 cm³/mol. The molecule has 0 bridgehead atoms. The summed E-state index contributed by atoms with van der Waals surface area (Å²) >= 11 is 0. The lowest BCUT2D eigenvalue weighted by molar-refractivity contribution is -0.145. The van der Waals surface area contributed by atoms with Crippen molar-refractivity contribution in [2.75, 3.05) is 39.8 Å². The zero-order chi connectivity index (χ0) is 35.4. The van der Waals surface area contributed by atoms with Gasteiger partial charge in [-0.15, -0.1) is 0 Å². The van der Waals surface area contributed by atoms with Crippen molar-refractivity contribution in [1.82, 2.24) is 25.4 Å². The number of rotatable bonds is 2. The molecule has 1 aromatic carbocycles. The highest BCUT2D eigenvalue weighted by Crippen LogP contribution is 2.38. The number of para-hydroxylation sites is 1. The normalized spacial score (nSPS) is 23.5. The van der Waals surface area contributed by atoms with Gasteiger partial charge in [0.25, 0.3) is 5.91 Å². The Morgan fingerprint density at radius 3 is 2.35 bits per heavy atom. The highest BCUT2D eigenvalue weighted by molar-refractivity contribution is 6.01. The molecule has 2 aliphatic rings. The minimum Gasteiger partial charge on any atom is -0.486 e. The number of benzene rings is 1. The van der Waals surface area contributed by atoms with Crippen molar-refractivity contribution in [3.8, 4) is 5.75 Å². The van der Waals surface area contributed by atoms with Crippen LogP contribution in [-0.4, -0.2) is 90.4 Å². The maximum Gasteiger partial charge on any atom is 0.419 e. The third kappa shape index (κ3) is 11.3. The molecule has 48 heavy (non-hydrogen) atoms. The van der Waals surface area contributed by atoms with E-state index in [0.29, 0.717) is 25.9 Å². The van der Waals surface area contributed by atoms with Crippen molar-refractivity contribution in [1.29, 1.82) is 0 Å². The number of nitrogens with one attached hydrogen (secondary N) is 2. The van der Waals surface area contributed by atoms with Crippen LogP contribution in [0, 0.1) is 5.92 Å². The Balaban J connectivity index is 1.94. The summed E-state index contributed by atoms with van der Waals surface area (Å²) in [4.78, 5) is 56.2. The topological polar surface area (TPSA) is 163 Å². The molecule has 0 saturated carbocycles. The highest BCUT2D eigenvalue weighted by atomic mass is 19.4. The van der Waals surface area contributed by atoms with E-state index in [0.717, 1.165) is 50.7 Å². The Labute approximate surface area is 280 Å². The summed E-state index contributed by atoms with van der Waals surface area (Å²) in [7, 11) is 1.50. The number of carbonyl (C=O) groups excluding carboxylic acids is 4. The monoisotopic (exact) mass is 681 g/mol. The SMILES string of the molecule is CC(C)CC1NC(=O)c2cccc(C(F)(F)F)c2OC/C(N)=C/N(N)CCCCCCCCNC(=O)CN(C)C(=O)C2CCCN2C1=O. The molecule has 1 saturated heterocycles. The molecule has 2 heterocycles. The first-order chi connectivity index (χ1) is 22.7. The first-order valence-electron chi connectivity index (χ1n) is 16.6. The van der Waals surface area contributed by atoms with Crippen LogP contribution < -0.4 is 26.9 Å². The molecule has 4 amide bonds. The van der Waals surface area contributed by atoms with Crippen LogP contribution in [0.15, 0.2) is 30.1 Å². The quantitative estimate of drug-likeness (QED) is 0.346. The van der Waals surface area contributed by atoms with Gasteiger partial charge in [0, 0.05) is 32.9 Å². The second-order valence-electron chi connectivity index (χ2n) is 12.9. The largest absolute Gasteiger partial charge is 0.486 e. The maximum atomic E-state index is 14.1. The number of nitrogens with zero attached hydrogens (tertiary/aromatic N) is 3. The second kappa shape index (κ2) is 17.9. The third-order valence-corrected chi connectivity index (χ3v) is 8.33. The maximum absolute atomic E-state index is 14.1. The predicted octanol–water partition coefficient (Wildman–Crippen LogP) is 3.12. The van der Waals surface area contributed by atoms with Gasteiger partial charge in [-0.2, -0.15) is 13.2 Å². The van der Waals surface area contributed by atoms with Gasteiger partial charge < -0.3 is 35.9 Å². The first kappa shape index (κ1) is 38.4. The third-order valence-electron chi connectivity index (χ3n) is 8.33. The average Bonchev–Trinajstić information content (AvgIpc) is 3.50. The van der Waals surface area contributed by atoms with E-state index in [2.05, 4.69) is 10.6 Å². The summed E-state index contributed by atoms with van der Waals surface area (Å²) in [6, 6.07) is 1.09. The van der Waals surface area contributed by atoms with Gasteiger partial charge in [-0.1, -0.05) is 45.6 Å². The highest BCUT2D eigenvalue weighted by Gasteiger charge is 2.40. The number of nitrogens with two attached hydrogens (primary N) is 2. The van der Waals surface area contributed by atoms with Crippen LogP contribution in [0.3, 0.4) is 0 Å². The molecule has 2 unspecified atom stereocenters. The summed E-state index contributed by atoms with van der Waals surface area (Å²) in [5.74, 6) is 3.02. The van der Waals surface area contributed by atoms with Crippen LogP contribution in [0.2, 0.25) is 0 Å². The Kier molecular flexibility index (Phi) is 14.4. The van der Waals surface area contributed by atoms with Crippen LogP contribution in [0.5, 0.6) is 5.75 Å².